The van der Waals surface area contributed by atoms with Crippen molar-refractivity contribution in [1.29, 1.82) is 5.41 Å². The number of unbranched alkanes of at least 4 members (excludes halogenated alkanes) is 2. The minimum Gasteiger partial charge on any atom is -0.474 e. The summed E-state index contributed by atoms with van der Waals surface area (Å²) in [7, 11) is -3.53. The molecule has 1 saturated heterocycles. The van der Waals surface area contributed by atoms with Gasteiger partial charge in [-0.15, -0.1) is 0 Å². The number of hydrogen-bond acceptors (Lipinski definition) is 6. The predicted octanol–water partition coefficient (Wildman–Crippen LogP) is 6.19. The van der Waals surface area contributed by atoms with Gasteiger partial charge in [-0.3, -0.25) is 19.8 Å². The van der Waals surface area contributed by atoms with Gasteiger partial charge in [0.1, 0.15) is 11.6 Å². The molecule has 1 saturated carbocycles. The van der Waals surface area contributed by atoms with E-state index in [9.17, 15) is 13.2 Å². The maximum atomic E-state index is 14.0. The number of anilines is 2. The van der Waals surface area contributed by atoms with Crippen molar-refractivity contribution >= 4 is 33.1 Å². The van der Waals surface area contributed by atoms with Crippen LogP contribution >= 0.6 is 0 Å². The number of nitrogen functional groups attached to an aromatic ring is 1. The van der Waals surface area contributed by atoms with Gasteiger partial charge in [0.2, 0.25) is 16.1 Å². The summed E-state index contributed by atoms with van der Waals surface area (Å²) in [5.74, 6) is 0.539. The number of amidine groups is 1. The third-order valence-electron chi connectivity index (χ3n) is 9.61. The normalized spacial score (nSPS) is 23.2. The van der Waals surface area contributed by atoms with Gasteiger partial charge in [-0.2, -0.15) is 0 Å². The molecule has 9 nitrogen and oxygen atoms in total. The molecule has 4 N–H and O–H groups in total. The quantitative estimate of drug-likeness (QED) is 0.147. The van der Waals surface area contributed by atoms with Crippen LogP contribution in [0.3, 0.4) is 0 Å². The molecule has 3 atom stereocenters. The molecular formula is C34H49N5O4S. The van der Waals surface area contributed by atoms with E-state index in [4.69, 9.17) is 15.9 Å². The number of fused-ring (bicyclic) bond motifs is 1. The first kappa shape index (κ1) is 32.3. The number of amides is 1. The number of benzene rings is 2. The minimum atomic E-state index is -3.53. The molecule has 2 fully saturated rings. The van der Waals surface area contributed by atoms with E-state index in [-0.39, 0.29) is 23.4 Å². The zero-order valence-corrected chi connectivity index (χ0v) is 27.1. The second-order valence-corrected chi connectivity index (χ2v) is 14.8. The molecule has 0 radical (unpaired) electrons. The molecule has 1 unspecified atom stereocenters. The van der Waals surface area contributed by atoms with Gasteiger partial charge in [-0.25, -0.2) is 8.42 Å². The van der Waals surface area contributed by atoms with Crippen molar-refractivity contribution in [2.24, 2.45) is 11.7 Å². The van der Waals surface area contributed by atoms with Crippen LogP contribution in [-0.2, 0) is 14.8 Å². The molecule has 5 rings (SSSR count). The Balaban J connectivity index is 1.32. The molecule has 44 heavy (non-hydrogen) atoms. The smallest absolute Gasteiger partial charge is 0.272 e. The number of sulfonamides is 1. The fourth-order valence-electron chi connectivity index (χ4n) is 7.18. The van der Waals surface area contributed by atoms with Gasteiger partial charge in [0.05, 0.1) is 17.1 Å². The molecule has 240 valence electrons. The maximum Gasteiger partial charge on any atom is 0.272 e. The molecule has 2 aromatic carbocycles. The monoisotopic (exact) mass is 623 g/mol. The maximum absolute atomic E-state index is 14.0. The summed E-state index contributed by atoms with van der Waals surface area (Å²) >= 11 is 0. The zero-order chi connectivity index (χ0) is 31.3. The highest BCUT2D eigenvalue weighted by atomic mass is 32.2. The summed E-state index contributed by atoms with van der Waals surface area (Å²) in [5.41, 5.74) is 7.90. The predicted molar refractivity (Wildman–Crippen MR) is 177 cm³/mol. The van der Waals surface area contributed by atoms with Gasteiger partial charge >= 0.3 is 0 Å². The average Bonchev–Trinajstić information content (AvgIpc) is 2.99. The van der Waals surface area contributed by atoms with Crippen molar-refractivity contribution in [3.8, 4) is 5.75 Å². The van der Waals surface area contributed by atoms with E-state index in [0.29, 0.717) is 46.9 Å². The molecule has 3 aliphatic rings. The standard InChI is InChI=1S/C34H49N5O4S/c1-24-11-9-12-25(2)38(24)19-7-4-8-20-39-30-22-29(37-44(41,42)23-26-13-5-3-6-14-26)17-18-31(30)43-32(34(39)40)27-15-10-16-28(21-27)33(35)36/h10,15-18,21-22,24-26,32,37H,3-9,11-14,19-20,23H2,1-2H3,(H3,35,36)/t24-,25+,32?. The Hall–Kier alpha value is -3.11. The second kappa shape index (κ2) is 14.3. The van der Waals surface area contributed by atoms with Crippen molar-refractivity contribution in [1.82, 2.24) is 4.90 Å². The number of carbonyl (C=O) groups is 1. The summed E-state index contributed by atoms with van der Waals surface area (Å²) in [4.78, 5) is 18.4. The number of piperidine rings is 1. The Morgan fingerprint density at radius 3 is 2.41 bits per heavy atom. The third kappa shape index (κ3) is 7.93. The van der Waals surface area contributed by atoms with E-state index < -0.39 is 16.1 Å². The van der Waals surface area contributed by atoms with Crippen LogP contribution < -0.4 is 20.1 Å². The summed E-state index contributed by atoms with van der Waals surface area (Å²) in [6.45, 7) is 6.20. The molecule has 10 heteroatoms. The number of nitrogens with two attached hydrogens (primary N) is 1. The largest absolute Gasteiger partial charge is 0.474 e. The first-order chi connectivity index (χ1) is 21.1. The summed E-state index contributed by atoms with van der Waals surface area (Å²) < 4.78 is 35.2. The van der Waals surface area contributed by atoms with Crippen molar-refractivity contribution in [2.45, 2.75) is 103 Å². The molecule has 0 spiro atoms. The van der Waals surface area contributed by atoms with Crippen LogP contribution in [-0.4, -0.2) is 56.0 Å². The highest BCUT2D eigenvalue weighted by Crippen LogP contribution is 2.41. The van der Waals surface area contributed by atoms with Gasteiger partial charge in [0.25, 0.3) is 5.91 Å². The molecule has 2 aliphatic heterocycles. The van der Waals surface area contributed by atoms with E-state index in [2.05, 4.69) is 23.5 Å². The van der Waals surface area contributed by atoms with E-state index in [1.165, 1.54) is 25.7 Å². The van der Waals surface area contributed by atoms with Gasteiger partial charge in [0, 0.05) is 29.8 Å². The second-order valence-electron chi connectivity index (χ2n) is 13.0. The van der Waals surface area contributed by atoms with E-state index >= 15 is 0 Å². The molecular weight excluding hydrogens is 574 g/mol. The minimum absolute atomic E-state index is 0.0742. The number of nitrogens with zero attached hydrogens (tertiary/aromatic N) is 2. The zero-order valence-electron chi connectivity index (χ0n) is 26.3. The first-order valence-electron chi connectivity index (χ1n) is 16.4. The number of carbonyl (C=O) groups excluding carboxylic acids is 1. The Morgan fingerprint density at radius 1 is 0.955 bits per heavy atom. The lowest BCUT2D eigenvalue weighted by molar-refractivity contribution is -0.126. The van der Waals surface area contributed by atoms with Gasteiger partial charge < -0.3 is 15.4 Å². The van der Waals surface area contributed by atoms with Crippen LogP contribution in [0.4, 0.5) is 11.4 Å². The Kier molecular flexibility index (Phi) is 10.5. The van der Waals surface area contributed by atoms with Crippen molar-refractivity contribution in [2.75, 3.05) is 28.5 Å². The van der Waals surface area contributed by atoms with Crippen molar-refractivity contribution < 1.29 is 17.9 Å². The number of nitrogens with one attached hydrogen (secondary N) is 2. The van der Waals surface area contributed by atoms with Crippen LogP contribution in [0, 0.1) is 11.3 Å². The van der Waals surface area contributed by atoms with Crippen LogP contribution in [0.2, 0.25) is 0 Å². The lowest BCUT2D eigenvalue weighted by Crippen LogP contribution is -2.44. The van der Waals surface area contributed by atoms with Crippen LogP contribution in [0.5, 0.6) is 5.75 Å². The highest BCUT2D eigenvalue weighted by Gasteiger charge is 2.36. The molecule has 0 aromatic heterocycles. The SMILES string of the molecule is C[C@@H]1CCC[C@H](C)N1CCCCCN1C(=O)C(c2cccc(C(=N)N)c2)Oc2ccc(NS(=O)(=O)CC3CCCCC3)cc21. The lowest BCUT2D eigenvalue weighted by Gasteiger charge is -2.39. The molecule has 1 aliphatic carbocycles. The molecule has 0 bridgehead atoms. The first-order valence-corrected chi connectivity index (χ1v) is 18.1. The summed E-state index contributed by atoms with van der Waals surface area (Å²) in [6, 6.07) is 13.4. The van der Waals surface area contributed by atoms with Gasteiger partial charge in [-0.1, -0.05) is 50.3 Å². The average molecular weight is 624 g/mol. The Morgan fingerprint density at radius 2 is 1.68 bits per heavy atom. The number of rotatable bonds is 12. The fourth-order valence-corrected chi connectivity index (χ4v) is 8.70. The highest BCUT2D eigenvalue weighted by molar-refractivity contribution is 7.92. The number of likely N-dealkylation sites (tertiary alicyclic amines) is 1. The van der Waals surface area contributed by atoms with Crippen LogP contribution in [0.15, 0.2) is 42.5 Å². The Labute approximate surface area is 263 Å². The summed E-state index contributed by atoms with van der Waals surface area (Å²) in [5, 5.41) is 7.84. The van der Waals surface area contributed by atoms with E-state index in [0.717, 1.165) is 51.5 Å². The van der Waals surface area contributed by atoms with E-state index in [1.54, 1.807) is 41.3 Å². The van der Waals surface area contributed by atoms with Crippen LogP contribution in [0.1, 0.15) is 102 Å². The topological polar surface area (TPSA) is 129 Å². The third-order valence-corrected chi connectivity index (χ3v) is 11.1. The Bertz CT molecular complexity index is 1410. The fraction of sp³-hybridized carbons (Fsp3) is 0.588. The van der Waals surface area contributed by atoms with Gasteiger partial charge in [-0.05, 0) is 89.1 Å². The van der Waals surface area contributed by atoms with Crippen LogP contribution in [0.25, 0.3) is 0 Å². The number of ether oxygens (including phenoxy) is 1. The van der Waals surface area contributed by atoms with E-state index in [1.807, 2.05) is 6.07 Å². The van der Waals surface area contributed by atoms with Crippen molar-refractivity contribution in [3.05, 3.63) is 53.6 Å². The molecule has 2 aromatic rings. The lowest BCUT2D eigenvalue weighted by atomic mass is 9.91. The molecule has 1 amide bonds. The van der Waals surface area contributed by atoms with Crippen molar-refractivity contribution in [3.63, 3.8) is 0 Å². The molecule has 2 heterocycles. The van der Waals surface area contributed by atoms with Gasteiger partial charge in [0.15, 0.2) is 0 Å². The summed E-state index contributed by atoms with van der Waals surface area (Å²) in [6.07, 6.45) is 11.0. The number of hydrogen-bond donors (Lipinski definition) is 3.